The van der Waals surface area contributed by atoms with Crippen LogP contribution in [0.1, 0.15) is 46.0 Å². The standard InChI is InChI=1S/C14H20BClO2/c1-10(11-8-6-7-9-12(11)16)15-17-13(2,3)14(4,5)18-15/h6-10H,1-5H3. The van der Waals surface area contributed by atoms with Crippen LogP contribution >= 0.6 is 11.6 Å². The summed E-state index contributed by atoms with van der Waals surface area (Å²) in [6.07, 6.45) is 0. The quantitative estimate of drug-likeness (QED) is 0.751. The molecule has 1 aliphatic rings. The summed E-state index contributed by atoms with van der Waals surface area (Å²) in [5, 5.41) is 0.764. The third kappa shape index (κ3) is 2.32. The highest BCUT2D eigenvalue weighted by molar-refractivity contribution is 6.48. The van der Waals surface area contributed by atoms with Gasteiger partial charge >= 0.3 is 7.12 Å². The molecular weight excluding hydrogens is 246 g/mol. The maximum absolute atomic E-state index is 6.23. The number of hydrogen-bond acceptors (Lipinski definition) is 2. The molecule has 0 aliphatic carbocycles. The highest BCUT2D eigenvalue weighted by atomic mass is 35.5. The van der Waals surface area contributed by atoms with E-state index in [4.69, 9.17) is 20.9 Å². The van der Waals surface area contributed by atoms with Gasteiger partial charge in [0.15, 0.2) is 0 Å². The number of halogens is 1. The zero-order chi connectivity index (χ0) is 13.6. The first kappa shape index (κ1) is 13.9. The van der Waals surface area contributed by atoms with Crippen LogP contribution in [0, 0.1) is 0 Å². The first-order valence-corrected chi connectivity index (χ1v) is 6.72. The van der Waals surface area contributed by atoms with E-state index in [2.05, 4.69) is 34.6 Å². The Balaban J connectivity index is 2.23. The molecule has 0 bridgehead atoms. The van der Waals surface area contributed by atoms with E-state index in [1.807, 2.05) is 24.3 Å². The van der Waals surface area contributed by atoms with Gasteiger partial charge in [-0.05, 0) is 39.3 Å². The summed E-state index contributed by atoms with van der Waals surface area (Å²) in [4.78, 5) is 0. The van der Waals surface area contributed by atoms with Crippen molar-refractivity contribution in [2.24, 2.45) is 0 Å². The average Bonchev–Trinajstić information content (AvgIpc) is 2.48. The van der Waals surface area contributed by atoms with Crippen molar-refractivity contribution in [2.45, 2.75) is 51.6 Å². The van der Waals surface area contributed by atoms with Gasteiger partial charge in [0.1, 0.15) is 0 Å². The molecule has 0 aromatic heterocycles. The van der Waals surface area contributed by atoms with Gasteiger partial charge in [-0.2, -0.15) is 0 Å². The van der Waals surface area contributed by atoms with Crippen molar-refractivity contribution in [1.29, 1.82) is 0 Å². The number of benzene rings is 1. The SMILES string of the molecule is CC(B1OC(C)(C)C(C)(C)O1)c1ccccc1Cl. The summed E-state index contributed by atoms with van der Waals surface area (Å²) >= 11 is 6.23. The summed E-state index contributed by atoms with van der Waals surface area (Å²) in [6, 6.07) is 7.85. The molecule has 18 heavy (non-hydrogen) atoms. The second-order valence-electron chi connectivity index (χ2n) is 5.93. The molecule has 2 nitrogen and oxygen atoms in total. The Hall–Kier alpha value is -0.505. The summed E-state index contributed by atoms with van der Waals surface area (Å²) in [7, 11) is -0.255. The van der Waals surface area contributed by atoms with Crippen molar-refractivity contribution < 1.29 is 9.31 Å². The molecule has 1 heterocycles. The molecular formula is C14H20BClO2. The van der Waals surface area contributed by atoms with Crippen LogP contribution in [0.3, 0.4) is 0 Å². The maximum Gasteiger partial charge on any atom is 0.465 e. The van der Waals surface area contributed by atoms with Crippen LogP contribution in [0.2, 0.25) is 5.02 Å². The van der Waals surface area contributed by atoms with E-state index in [0.717, 1.165) is 10.6 Å². The van der Waals surface area contributed by atoms with Gasteiger partial charge in [-0.1, -0.05) is 36.7 Å². The molecule has 0 N–H and O–H groups in total. The Morgan fingerprint density at radius 1 is 1.06 bits per heavy atom. The molecule has 0 spiro atoms. The minimum absolute atomic E-state index is 0.111. The summed E-state index contributed by atoms with van der Waals surface area (Å²) in [6.45, 7) is 10.3. The van der Waals surface area contributed by atoms with Gasteiger partial charge in [-0.25, -0.2) is 0 Å². The largest absolute Gasteiger partial charge is 0.465 e. The van der Waals surface area contributed by atoms with Gasteiger partial charge in [-0.15, -0.1) is 0 Å². The van der Waals surface area contributed by atoms with Crippen molar-refractivity contribution in [3.63, 3.8) is 0 Å². The fourth-order valence-corrected chi connectivity index (χ4v) is 2.39. The van der Waals surface area contributed by atoms with Gasteiger partial charge in [0.2, 0.25) is 0 Å². The first-order chi connectivity index (χ1) is 8.24. The van der Waals surface area contributed by atoms with Crippen molar-refractivity contribution in [1.82, 2.24) is 0 Å². The Kier molecular flexibility index (Phi) is 3.52. The monoisotopic (exact) mass is 266 g/mol. The molecule has 0 radical (unpaired) electrons. The molecule has 98 valence electrons. The number of rotatable bonds is 2. The van der Waals surface area contributed by atoms with Crippen molar-refractivity contribution in [3.8, 4) is 0 Å². The molecule has 1 aromatic rings. The zero-order valence-electron chi connectivity index (χ0n) is 11.7. The van der Waals surface area contributed by atoms with E-state index in [0.29, 0.717) is 0 Å². The lowest BCUT2D eigenvalue weighted by molar-refractivity contribution is 0.00578. The molecule has 0 amide bonds. The predicted molar refractivity (Wildman–Crippen MR) is 75.9 cm³/mol. The highest BCUT2D eigenvalue weighted by Gasteiger charge is 2.53. The van der Waals surface area contributed by atoms with E-state index in [1.54, 1.807) is 0 Å². The third-order valence-electron chi connectivity index (χ3n) is 4.08. The first-order valence-electron chi connectivity index (χ1n) is 6.35. The minimum Gasteiger partial charge on any atom is -0.403 e. The molecule has 1 aliphatic heterocycles. The van der Waals surface area contributed by atoms with E-state index in [9.17, 15) is 0 Å². The van der Waals surface area contributed by atoms with Gasteiger partial charge in [0, 0.05) is 10.8 Å². The fourth-order valence-electron chi connectivity index (χ4n) is 2.08. The molecule has 1 saturated heterocycles. The molecule has 1 aromatic carbocycles. The molecule has 4 heteroatoms. The van der Waals surface area contributed by atoms with Crippen molar-refractivity contribution >= 4 is 18.7 Å². The third-order valence-corrected chi connectivity index (χ3v) is 4.42. The molecule has 0 saturated carbocycles. The summed E-state index contributed by atoms with van der Waals surface area (Å²) in [5.41, 5.74) is 0.470. The highest BCUT2D eigenvalue weighted by Crippen LogP contribution is 2.41. The van der Waals surface area contributed by atoms with Crippen LogP contribution in [-0.4, -0.2) is 18.3 Å². The average molecular weight is 267 g/mol. The molecule has 2 rings (SSSR count). The van der Waals surface area contributed by atoms with Crippen LogP contribution in [0.4, 0.5) is 0 Å². The predicted octanol–water partition coefficient (Wildman–Crippen LogP) is 4.07. The lowest BCUT2D eigenvalue weighted by atomic mass is 9.69. The number of hydrogen-bond donors (Lipinski definition) is 0. The Morgan fingerprint density at radius 2 is 1.56 bits per heavy atom. The van der Waals surface area contributed by atoms with Gasteiger partial charge in [-0.3, -0.25) is 0 Å². The Bertz CT molecular complexity index is 429. The lowest BCUT2D eigenvalue weighted by Crippen LogP contribution is -2.41. The van der Waals surface area contributed by atoms with Crippen molar-refractivity contribution in [3.05, 3.63) is 34.9 Å². The second-order valence-corrected chi connectivity index (χ2v) is 6.34. The zero-order valence-corrected chi connectivity index (χ0v) is 12.4. The van der Waals surface area contributed by atoms with Crippen LogP contribution in [0.15, 0.2) is 24.3 Å². The van der Waals surface area contributed by atoms with Gasteiger partial charge in [0.25, 0.3) is 0 Å². The maximum atomic E-state index is 6.23. The van der Waals surface area contributed by atoms with Crippen LogP contribution < -0.4 is 0 Å². The van der Waals surface area contributed by atoms with E-state index < -0.39 is 0 Å². The topological polar surface area (TPSA) is 18.5 Å². The summed E-state index contributed by atoms with van der Waals surface area (Å²) in [5.74, 6) is 0.111. The van der Waals surface area contributed by atoms with Crippen LogP contribution in [-0.2, 0) is 9.31 Å². The van der Waals surface area contributed by atoms with Gasteiger partial charge < -0.3 is 9.31 Å². The normalized spacial score (nSPS) is 23.1. The fraction of sp³-hybridized carbons (Fsp3) is 0.571. The van der Waals surface area contributed by atoms with Crippen LogP contribution in [0.5, 0.6) is 0 Å². The van der Waals surface area contributed by atoms with Gasteiger partial charge in [0.05, 0.1) is 11.2 Å². The Morgan fingerprint density at radius 3 is 2.06 bits per heavy atom. The van der Waals surface area contributed by atoms with E-state index in [1.165, 1.54) is 0 Å². The smallest absolute Gasteiger partial charge is 0.403 e. The van der Waals surface area contributed by atoms with Crippen LogP contribution in [0.25, 0.3) is 0 Å². The summed E-state index contributed by atoms with van der Waals surface area (Å²) < 4.78 is 12.1. The minimum atomic E-state index is -0.298. The lowest BCUT2D eigenvalue weighted by Gasteiger charge is -2.32. The molecule has 1 fully saturated rings. The van der Waals surface area contributed by atoms with E-state index in [-0.39, 0.29) is 24.1 Å². The second kappa shape index (κ2) is 4.55. The molecule has 1 unspecified atom stereocenters. The molecule has 1 atom stereocenters. The Labute approximate surface area is 115 Å². The van der Waals surface area contributed by atoms with E-state index >= 15 is 0 Å². The van der Waals surface area contributed by atoms with Crippen molar-refractivity contribution in [2.75, 3.05) is 0 Å².